The van der Waals surface area contributed by atoms with E-state index in [1.165, 1.54) is 10.7 Å². The summed E-state index contributed by atoms with van der Waals surface area (Å²) in [5.41, 5.74) is 4.15. The van der Waals surface area contributed by atoms with Crippen molar-refractivity contribution in [2.45, 2.75) is 13.8 Å². The average molecular weight is 318 g/mol. The number of nitrogens with zero attached hydrogens (tertiary/aromatic N) is 4. The van der Waals surface area contributed by atoms with E-state index in [0.29, 0.717) is 11.4 Å². The van der Waals surface area contributed by atoms with Gasteiger partial charge in [-0.1, -0.05) is 35.9 Å². The minimum absolute atomic E-state index is 0.0592. The number of rotatable bonds is 3. The summed E-state index contributed by atoms with van der Waals surface area (Å²) in [5.74, 6) is 0. The standard InChI is InChI=1S/C18H14N4O2/c1-12-7-8-15(13(2)9-12)18-10-14(11-19)20-21(18)16-5-3-4-6-17(16)22(23)24/h3-10H,1-2H3. The minimum Gasteiger partial charge on any atom is -0.258 e. The van der Waals surface area contributed by atoms with Crippen LogP contribution in [0.25, 0.3) is 16.9 Å². The highest BCUT2D eigenvalue weighted by Gasteiger charge is 2.20. The number of para-hydroxylation sites is 2. The van der Waals surface area contributed by atoms with Gasteiger partial charge in [0.15, 0.2) is 5.69 Å². The van der Waals surface area contributed by atoms with Gasteiger partial charge in [0.2, 0.25) is 0 Å². The molecule has 1 aromatic heterocycles. The molecule has 0 unspecified atom stereocenters. The lowest BCUT2D eigenvalue weighted by molar-refractivity contribution is -0.384. The summed E-state index contributed by atoms with van der Waals surface area (Å²) in [6.45, 7) is 3.96. The second-order valence-electron chi connectivity index (χ2n) is 5.50. The summed E-state index contributed by atoms with van der Waals surface area (Å²) >= 11 is 0. The first kappa shape index (κ1) is 15.4. The molecule has 0 saturated heterocycles. The van der Waals surface area contributed by atoms with E-state index in [2.05, 4.69) is 5.10 Å². The topological polar surface area (TPSA) is 84.8 Å². The van der Waals surface area contributed by atoms with Gasteiger partial charge in [-0.05, 0) is 25.5 Å². The summed E-state index contributed by atoms with van der Waals surface area (Å²) in [6, 6.07) is 15.9. The van der Waals surface area contributed by atoms with Crippen LogP contribution in [0.2, 0.25) is 0 Å². The number of aromatic nitrogens is 2. The molecule has 0 radical (unpaired) electrons. The molecule has 0 bridgehead atoms. The van der Waals surface area contributed by atoms with Gasteiger partial charge in [-0.3, -0.25) is 10.1 Å². The van der Waals surface area contributed by atoms with Gasteiger partial charge in [0.25, 0.3) is 5.69 Å². The van der Waals surface area contributed by atoms with Crippen molar-refractivity contribution in [3.8, 4) is 23.0 Å². The molecule has 24 heavy (non-hydrogen) atoms. The summed E-state index contributed by atoms with van der Waals surface area (Å²) in [4.78, 5) is 10.9. The Morgan fingerprint density at radius 2 is 1.92 bits per heavy atom. The van der Waals surface area contributed by atoms with Crippen molar-refractivity contribution in [1.82, 2.24) is 9.78 Å². The zero-order valence-corrected chi connectivity index (χ0v) is 13.2. The average Bonchev–Trinajstić information content (AvgIpc) is 2.98. The highest BCUT2D eigenvalue weighted by molar-refractivity contribution is 5.69. The van der Waals surface area contributed by atoms with Crippen molar-refractivity contribution in [2.75, 3.05) is 0 Å². The first-order chi connectivity index (χ1) is 11.5. The van der Waals surface area contributed by atoms with Gasteiger partial charge in [-0.2, -0.15) is 10.4 Å². The molecule has 0 atom stereocenters. The molecular formula is C18H14N4O2. The van der Waals surface area contributed by atoms with E-state index in [0.717, 1.165) is 16.7 Å². The molecule has 0 amide bonds. The largest absolute Gasteiger partial charge is 0.294 e. The third kappa shape index (κ3) is 2.63. The molecule has 3 rings (SSSR count). The highest BCUT2D eigenvalue weighted by atomic mass is 16.6. The number of hydrogen-bond acceptors (Lipinski definition) is 4. The Kier molecular flexibility index (Phi) is 3.84. The van der Waals surface area contributed by atoms with Crippen LogP contribution in [0.3, 0.4) is 0 Å². The lowest BCUT2D eigenvalue weighted by Crippen LogP contribution is -2.04. The van der Waals surface area contributed by atoms with Gasteiger partial charge >= 0.3 is 0 Å². The van der Waals surface area contributed by atoms with Gasteiger partial charge in [0, 0.05) is 17.7 Å². The monoisotopic (exact) mass is 318 g/mol. The number of nitro groups is 1. The molecule has 6 heteroatoms. The fourth-order valence-electron chi connectivity index (χ4n) is 2.71. The molecule has 0 N–H and O–H groups in total. The Bertz CT molecular complexity index is 983. The molecule has 3 aromatic rings. The van der Waals surface area contributed by atoms with Crippen molar-refractivity contribution >= 4 is 5.69 Å². The van der Waals surface area contributed by atoms with E-state index in [4.69, 9.17) is 0 Å². The Balaban J connectivity index is 2.29. The Labute approximate surface area is 138 Å². The minimum atomic E-state index is -0.450. The number of aryl methyl sites for hydroxylation is 2. The van der Waals surface area contributed by atoms with Crippen LogP contribution in [0.5, 0.6) is 0 Å². The molecule has 118 valence electrons. The zero-order valence-electron chi connectivity index (χ0n) is 13.2. The molecule has 1 heterocycles. The summed E-state index contributed by atoms with van der Waals surface area (Å²) in [7, 11) is 0. The highest BCUT2D eigenvalue weighted by Crippen LogP contribution is 2.31. The number of nitriles is 1. The fourth-order valence-corrected chi connectivity index (χ4v) is 2.71. The maximum absolute atomic E-state index is 11.3. The van der Waals surface area contributed by atoms with Crippen molar-refractivity contribution < 1.29 is 4.92 Å². The number of hydrogen-bond donors (Lipinski definition) is 0. The van der Waals surface area contributed by atoms with Crippen LogP contribution >= 0.6 is 0 Å². The second kappa shape index (κ2) is 5.97. The van der Waals surface area contributed by atoms with E-state index in [9.17, 15) is 15.4 Å². The van der Waals surface area contributed by atoms with Crippen molar-refractivity contribution in [3.05, 3.63) is 75.5 Å². The van der Waals surface area contributed by atoms with Gasteiger partial charge in [0.05, 0.1) is 10.6 Å². The van der Waals surface area contributed by atoms with E-state index >= 15 is 0 Å². The molecule has 0 spiro atoms. The number of nitro benzene ring substituents is 1. The van der Waals surface area contributed by atoms with Gasteiger partial charge < -0.3 is 0 Å². The van der Waals surface area contributed by atoms with Gasteiger partial charge in [-0.25, -0.2) is 4.68 Å². The third-order valence-corrected chi connectivity index (χ3v) is 3.79. The van der Waals surface area contributed by atoms with Crippen LogP contribution < -0.4 is 0 Å². The predicted octanol–water partition coefficient (Wildman–Crippen LogP) is 3.94. The van der Waals surface area contributed by atoms with Gasteiger partial charge in [-0.15, -0.1) is 0 Å². The van der Waals surface area contributed by atoms with Crippen LogP contribution in [0.1, 0.15) is 16.8 Å². The molecule has 2 aromatic carbocycles. The molecule has 6 nitrogen and oxygen atoms in total. The number of benzene rings is 2. The molecule has 0 fully saturated rings. The predicted molar refractivity (Wildman–Crippen MR) is 89.8 cm³/mol. The van der Waals surface area contributed by atoms with Crippen molar-refractivity contribution in [2.24, 2.45) is 0 Å². The molecule has 0 aliphatic heterocycles. The lowest BCUT2D eigenvalue weighted by Gasteiger charge is -2.10. The summed E-state index contributed by atoms with van der Waals surface area (Å²) in [6.07, 6.45) is 0. The Morgan fingerprint density at radius 1 is 1.17 bits per heavy atom. The molecule has 0 aliphatic carbocycles. The summed E-state index contributed by atoms with van der Waals surface area (Å²) in [5, 5.41) is 24.8. The maximum atomic E-state index is 11.3. The van der Waals surface area contributed by atoms with Crippen molar-refractivity contribution in [1.29, 1.82) is 5.26 Å². The Morgan fingerprint density at radius 3 is 2.58 bits per heavy atom. The van der Waals surface area contributed by atoms with E-state index in [1.54, 1.807) is 24.3 Å². The van der Waals surface area contributed by atoms with Crippen LogP contribution in [0.4, 0.5) is 5.69 Å². The van der Waals surface area contributed by atoms with Crippen LogP contribution in [-0.4, -0.2) is 14.7 Å². The molecular weight excluding hydrogens is 304 g/mol. The zero-order chi connectivity index (χ0) is 17.3. The quantitative estimate of drug-likeness (QED) is 0.541. The molecule has 0 saturated carbocycles. The van der Waals surface area contributed by atoms with Crippen LogP contribution in [0.15, 0.2) is 48.5 Å². The molecule has 0 aliphatic rings. The van der Waals surface area contributed by atoms with Crippen LogP contribution in [0, 0.1) is 35.3 Å². The lowest BCUT2D eigenvalue weighted by atomic mass is 10.0. The first-order valence-corrected chi connectivity index (χ1v) is 7.33. The maximum Gasteiger partial charge on any atom is 0.294 e. The smallest absolute Gasteiger partial charge is 0.258 e. The van der Waals surface area contributed by atoms with Crippen molar-refractivity contribution in [3.63, 3.8) is 0 Å². The van der Waals surface area contributed by atoms with Crippen LogP contribution in [-0.2, 0) is 0 Å². The SMILES string of the molecule is Cc1ccc(-c2cc(C#N)nn2-c2ccccc2[N+](=O)[O-])c(C)c1. The first-order valence-electron chi connectivity index (χ1n) is 7.33. The third-order valence-electron chi connectivity index (χ3n) is 3.79. The van der Waals surface area contributed by atoms with E-state index < -0.39 is 4.92 Å². The van der Waals surface area contributed by atoms with Gasteiger partial charge in [0.1, 0.15) is 11.8 Å². The Hall–Kier alpha value is -3.46. The van der Waals surface area contributed by atoms with E-state index in [1.807, 2.05) is 38.1 Å². The second-order valence-corrected chi connectivity index (χ2v) is 5.50. The summed E-state index contributed by atoms with van der Waals surface area (Å²) < 4.78 is 1.47. The fraction of sp³-hybridized carbons (Fsp3) is 0.111. The van der Waals surface area contributed by atoms with E-state index in [-0.39, 0.29) is 11.4 Å². The normalized spacial score (nSPS) is 10.4.